The van der Waals surface area contributed by atoms with Gasteiger partial charge in [-0.15, -0.1) is 0 Å². The Kier molecular flexibility index (Phi) is 2.35. The summed E-state index contributed by atoms with van der Waals surface area (Å²) >= 11 is 0. The molecule has 14 heavy (non-hydrogen) atoms. The van der Waals surface area contributed by atoms with Crippen LogP contribution in [0, 0.1) is 5.92 Å². The third-order valence-corrected chi connectivity index (χ3v) is 2.14. The summed E-state index contributed by atoms with van der Waals surface area (Å²) in [7, 11) is 0. The minimum Gasteiger partial charge on any atom is -0.492 e. The second-order valence-corrected chi connectivity index (χ2v) is 3.44. The van der Waals surface area contributed by atoms with E-state index in [1.807, 2.05) is 0 Å². The van der Waals surface area contributed by atoms with Crippen LogP contribution < -0.4 is 4.74 Å². The van der Waals surface area contributed by atoms with Gasteiger partial charge in [0, 0.05) is 0 Å². The minimum absolute atomic E-state index is 0.0452. The third kappa shape index (κ3) is 2.22. The van der Waals surface area contributed by atoms with Gasteiger partial charge >= 0.3 is 5.97 Å². The molecule has 1 saturated carbocycles. The zero-order valence-corrected chi connectivity index (χ0v) is 7.64. The smallest absolute Gasteiger partial charge is 0.354 e. The molecule has 1 N–H and O–H groups in total. The number of carboxylic acids is 1. The molecule has 1 heterocycles. The van der Waals surface area contributed by atoms with Gasteiger partial charge in [0.25, 0.3) is 0 Å². The number of rotatable bonds is 4. The Morgan fingerprint density at radius 1 is 1.57 bits per heavy atom. The summed E-state index contributed by atoms with van der Waals surface area (Å²) < 4.78 is 5.41. The number of nitrogens with zero attached hydrogens (tertiary/aromatic N) is 1. The monoisotopic (exact) mass is 193 g/mol. The number of carboxylic acid groups (broad SMARTS) is 1. The van der Waals surface area contributed by atoms with Crippen molar-refractivity contribution in [1.29, 1.82) is 0 Å². The maximum atomic E-state index is 10.5. The van der Waals surface area contributed by atoms with E-state index >= 15 is 0 Å². The molecule has 1 aliphatic carbocycles. The topological polar surface area (TPSA) is 59.4 Å². The summed E-state index contributed by atoms with van der Waals surface area (Å²) in [6.07, 6.45) is 3.92. The maximum Gasteiger partial charge on any atom is 0.354 e. The highest BCUT2D eigenvalue weighted by Gasteiger charge is 2.21. The molecule has 0 radical (unpaired) electrons. The summed E-state index contributed by atoms with van der Waals surface area (Å²) in [6.45, 7) is 0.716. The van der Waals surface area contributed by atoms with E-state index in [0.29, 0.717) is 18.3 Å². The van der Waals surface area contributed by atoms with Crippen molar-refractivity contribution >= 4 is 5.97 Å². The number of ether oxygens (including phenoxy) is 1. The van der Waals surface area contributed by atoms with Crippen LogP contribution in [-0.2, 0) is 0 Å². The average molecular weight is 193 g/mol. The Morgan fingerprint density at radius 3 is 2.86 bits per heavy atom. The Bertz CT molecular complexity index is 330. The van der Waals surface area contributed by atoms with Crippen molar-refractivity contribution in [3.8, 4) is 5.75 Å². The summed E-state index contributed by atoms with van der Waals surface area (Å²) in [5.41, 5.74) is 0.0452. The summed E-state index contributed by atoms with van der Waals surface area (Å²) in [4.78, 5) is 14.2. The van der Waals surface area contributed by atoms with Crippen molar-refractivity contribution in [3.05, 3.63) is 24.0 Å². The van der Waals surface area contributed by atoms with Crippen LogP contribution in [0.25, 0.3) is 0 Å². The summed E-state index contributed by atoms with van der Waals surface area (Å²) in [6, 6.07) is 3.09. The van der Waals surface area contributed by atoms with Crippen LogP contribution in [0.1, 0.15) is 23.3 Å². The molecular formula is C10H11NO3. The number of pyridine rings is 1. The van der Waals surface area contributed by atoms with E-state index in [2.05, 4.69) is 4.98 Å². The van der Waals surface area contributed by atoms with Crippen LogP contribution in [0.5, 0.6) is 5.75 Å². The molecule has 0 aromatic carbocycles. The van der Waals surface area contributed by atoms with Crippen molar-refractivity contribution < 1.29 is 14.6 Å². The van der Waals surface area contributed by atoms with Gasteiger partial charge in [0.05, 0.1) is 12.8 Å². The first kappa shape index (κ1) is 8.99. The molecule has 2 rings (SSSR count). The lowest BCUT2D eigenvalue weighted by molar-refractivity contribution is 0.0690. The fourth-order valence-corrected chi connectivity index (χ4v) is 1.09. The molecule has 0 aliphatic heterocycles. The fourth-order valence-electron chi connectivity index (χ4n) is 1.09. The third-order valence-electron chi connectivity index (χ3n) is 2.14. The first-order valence-corrected chi connectivity index (χ1v) is 4.58. The van der Waals surface area contributed by atoms with Crippen molar-refractivity contribution in [1.82, 2.24) is 4.98 Å². The predicted molar refractivity (Wildman–Crippen MR) is 49.4 cm³/mol. The first-order valence-electron chi connectivity index (χ1n) is 4.58. The van der Waals surface area contributed by atoms with Crippen LogP contribution in [0.3, 0.4) is 0 Å². The molecule has 4 heteroatoms. The molecule has 0 bridgehead atoms. The van der Waals surface area contributed by atoms with Crippen molar-refractivity contribution in [3.63, 3.8) is 0 Å². The molecule has 0 spiro atoms. The largest absolute Gasteiger partial charge is 0.492 e. The lowest BCUT2D eigenvalue weighted by atomic mass is 10.3. The second-order valence-electron chi connectivity index (χ2n) is 3.44. The quantitative estimate of drug-likeness (QED) is 0.788. The van der Waals surface area contributed by atoms with Crippen LogP contribution in [-0.4, -0.2) is 22.7 Å². The van der Waals surface area contributed by atoms with E-state index in [1.165, 1.54) is 25.1 Å². The Morgan fingerprint density at radius 2 is 2.36 bits per heavy atom. The lowest BCUT2D eigenvalue weighted by Gasteiger charge is -2.03. The maximum absolute atomic E-state index is 10.5. The van der Waals surface area contributed by atoms with Crippen LogP contribution >= 0.6 is 0 Å². The second kappa shape index (κ2) is 3.65. The van der Waals surface area contributed by atoms with Gasteiger partial charge in [-0.2, -0.15) is 0 Å². The van der Waals surface area contributed by atoms with E-state index < -0.39 is 5.97 Å². The van der Waals surface area contributed by atoms with E-state index in [9.17, 15) is 4.79 Å². The standard InChI is InChI=1S/C10H11NO3/c12-10(13)9-4-3-8(5-11-9)14-6-7-1-2-7/h3-5,7H,1-2,6H2,(H,12,13). The zero-order chi connectivity index (χ0) is 9.97. The molecule has 74 valence electrons. The lowest BCUT2D eigenvalue weighted by Crippen LogP contribution is -2.02. The van der Waals surface area contributed by atoms with Crippen LogP contribution in [0.15, 0.2) is 18.3 Å². The van der Waals surface area contributed by atoms with Crippen molar-refractivity contribution in [2.45, 2.75) is 12.8 Å². The average Bonchev–Trinajstić information content (AvgIpc) is 2.99. The van der Waals surface area contributed by atoms with E-state index in [1.54, 1.807) is 6.07 Å². The van der Waals surface area contributed by atoms with Crippen LogP contribution in [0.2, 0.25) is 0 Å². The first-order chi connectivity index (χ1) is 6.75. The van der Waals surface area contributed by atoms with Gasteiger partial charge < -0.3 is 9.84 Å². The Balaban J connectivity index is 1.94. The van der Waals surface area contributed by atoms with Gasteiger partial charge in [-0.3, -0.25) is 0 Å². The molecular weight excluding hydrogens is 182 g/mol. The number of aromatic carboxylic acids is 1. The van der Waals surface area contributed by atoms with Gasteiger partial charge in [-0.25, -0.2) is 9.78 Å². The number of carbonyl (C=O) groups is 1. The molecule has 1 fully saturated rings. The molecule has 0 unspecified atom stereocenters. The molecule has 4 nitrogen and oxygen atoms in total. The SMILES string of the molecule is O=C(O)c1ccc(OCC2CC2)cn1. The number of aromatic nitrogens is 1. The van der Waals surface area contributed by atoms with Gasteiger partial charge in [0.1, 0.15) is 11.4 Å². The highest BCUT2D eigenvalue weighted by atomic mass is 16.5. The highest BCUT2D eigenvalue weighted by Crippen LogP contribution is 2.29. The van der Waals surface area contributed by atoms with E-state index in [4.69, 9.17) is 9.84 Å². The molecule has 1 aromatic heterocycles. The molecule has 0 atom stereocenters. The summed E-state index contributed by atoms with van der Waals surface area (Å²) in [5, 5.41) is 8.60. The summed E-state index contributed by atoms with van der Waals surface area (Å²) in [5.74, 6) is 0.315. The molecule has 0 saturated heterocycles. The van der Waals surface area contributed by atoms with Gasteiger partial charge in [0.2, 0.25) is 0 Å². The van der Waals surface area contributed by atoms with Crippen molar-refractivity contribution in [2.75, 3.05) is 6.61 Å². The molecule has 0 amide bonds. The van der Waals surface area contributed by atoms with E-state index in [-0.39, 0.29) is 5.69 Å². The van der Waals surface area contributed by atoms with Gasteiger partial charge in [-0.05, 0) is 30.9 Å². The predicted octanol–water partition coefficient (Wildman–Crippen LogP) is 1.57. The van der Waals surface area contributed by atoms with Crippen molar-refractivity contribution in [2.24, 2.45) is 5.92 Å². The van der Waals surface area contributed by atoms with Gasteiger partial charge in [0.15, 0.2) is 0 Å². The zero-order valence-electron chi connectivity index (χ0n) is 7.64. The van der Waals surface area contributed by atoms with E-state index in [0.717, 1.165) is 0 Å². The fraction of sp³-hybridized carbons (Fsp3) is 0.400. The minimum atomic E-state index is -1.02. The molecule has 1 aliphatic rings. The number of hydrogen-bond acceptors (Lipinski definition) is 3. The van der Waals surface area contributed by atoms with Crippen LogP contribution in [0.4, 0.5) is 0 Å². The Labute approximate surface area is 81.5 Å². The van der Waals surface area contributed by atoms with Gasteiger partial charge in [-0.1, -0.05) is 0 Å². The molecule has 1 aromatic rings. The Hall–Kier alpha value is -1.58. The number of hydrogen-bond donors (Lipinski definition) is 1. The normalized spacial score (nSPS) is 15.1. The highest BCUT2D eigenvalue weighted by molar-refractivity contribution is 5.85.